The first-order chi connectivity index (χ1) is 12.8. The fraction of sp³-hybridized carbons (Fsp3) is 1.00. The van der Waals surface area contributed by atoms with Gasteiger partial charge in [0.05, 0.1) is 12.2 Å². The Morgan fingerprint density at radius 3 is 2.00 bits per heavy atom. The zero-order chi connectivity index (χ0) is 19.4. The lowest BCUT2D eigenvalue weighted by Crippen LogP contribution is -2.47. The normalized spacial score (nSPS) is 35.9. The van der Waals surface area contributed by atoms with Crippen LogP contribution in [0.15, 0.2) is 0 Å². The highest BCUT2D eigenvalue weighted by atomic mass is 16.5. The van der Waals surface area contributed by atoms with Crippen molar-refractivity contribution in [3.8, 4) is 0 Å². The molecular formula is C25H47NO. The number of hydrogen-bond acceptors (Lipinski definition) is 2. The molecule has 0 aromatic heterocycles. The van der Waals surface area contributed by atoms with Gasteiger partial charge in [-0.25, -0.2) is 0 Å². The molecule has 2 saturated carbocycles. The summed E-state index contributed by atoms with van der Waals surface area (Å²) in [5.41, 5.74) is 0.580. The van der Waals surface area contributed by atoms with E-state index in [1.807, 2.05) is 0 Å². The molecule has 2 aliphatic carbocycles. The van der Waals surface area contributed by atoms with Crippen LogP contribution in [0.5, 0.6) is 0 Å². The van der Waals surface area contributed by atoms with Gasteiger partial charge in [-0.05, 0) is 75.0 Å². The Morgan fingerprint density at radius 1 is 0.852 bits per heavy atom. The second kappa shape index (κ2) is 9.61. The molecule has 1 heterocycles. The van der Waals surface area contributed by atoms with E-state index in [0.717, 1.165) is 36.8 Å². The third-order valence-electron chi connectivity index (χ3n) is 8.36. The molecule has 3 rings (SSSR count). The maximum absolute atomic E-state index is 5.90. The number of rotatable bonds is 6. The average molecular weight is 378 g/mol. The van der Waals surface area contributed by atoms with E-state index < -0.39 is 0 Å². The van der Waals surface area contributed by atoms with Crippen molar-refractivity contribution >= 4 is 0 Å². The second-order valence-corrected chi connectivity index (χ2v) is 11.2. The van der Waals surface area contributed by atoms with Gasteiger partial charge in [0.15, 0.2) is 0 Å². The van der Waals surface area contributed by atoms with Crippen LogP contribution < -0.4 is 0 Å². The molecule has 158 valence electrons. The Labute approximate surface area is 169 Å². The fourth-order valence-electron chi connectivity index (χ4n) is 6.84. The standard InChI is InChI=1S/C25H47NO/c1-19(16-26-17-20(2)27-21(3)18-26)15-22-11-13-24(14-12-22)25(4,5)23-9-7-6-8-10-23/h19-24H,6-18H2,1-5H3. The van der Waals surface area contributed by atoms with Gasteiger partial charge in [-0.3, -0.25) is 4.90 Å². The molecular weight excluding hydrogens is 330 g/mol. The minimum absolute atomic E-state index is 0.401. The molecule has 0 N–H and O–H groups in total. The van der Waals surface area contributed by atoms with Crippen molar-refractivity contribution in [3.63, 3.8) is 0 Å². The van der Waals surface area contributed by atoms with Crippen molar-refractivity contribution in [1.82, 2.24) is 4.90 Å². The summed E-state index contributed by atoms with van der Waals surface area (Å²) in [6, 6.07) is 0. The van der Waals surface area contributed by atoms with Gasteiger partial charge in [-0.1, -0.05) is 52.9 Å². The average Bonchev–Trinajstić information content (AvgIpc) is 2.62. The van der Waals surface area contributed by atoms with Crippen LogP contribution in [0.4, 0.5) is 0 Å². The van der Waals surface area contributed by atoms with Gasteiger partial charge in [0.2, 0.25) is 0 Å². The first-order valence-corrected chi connectivity index (χ1v) is 12.2. The van der Waals surface area contributed by atoms with Gasteiger partial charge >= 0.3 is 0 Å². The maximum Gasteiger partial charge on any atom is 0.0678 e. The van der Waals surface area contributed by atoms with Crippen LogP contribution in [0.1, 0.15) is 98.8 Å². The van der Waals surface area contributed by atoms with Crippen LogP contribution in [0.25, 0.3) is 0 Å². The fourth-order valence-corrected chi connectivity index (χ4v) is 6.84. The SMILES string of the molecule is CC(CC1CCC(C(C)(C)C2CCCCC2)CC1)CN1CC(C)OC(C)C1. The first kappa shape index (κ1) is 21.6. The van der Waals surface area contributed by atoms with Crippen LogP contribution in [0.2, 0.25) is 0 Å². The van der Waals surface area contributed by atoms with Crippen LogP contribution in [0.3, 0.4) is 0 Å². The van der Waals surface area contributed by atoms with Crippen LogP contribution >= 0.6 is 0 Å². The third kappa shape index (κ3) is 5.95. The summed E-state index contributed by atoms with van der Waals surface area (Å²) in [4.78, 5) is 2.65. The van der Waals surface area contributed by atoms with Gasteiger partial charge in [-0.15, -0.1) is 0 Å². The van der Waals surface area contributed by atoms with Gasteiger partial charge in [0.1, 0.15) is 0 Å². The molecule has 0 bridgehead atoms. The highest BCUT2D eigenvalue weighted by molar-refractivity contribution is 4.90. The van der Waals surface area contributed by atoms with Crippen molar-refractivity contribution < 1.29 is 4.74 Å². The lowest BCUT2D eigenvalue weighted by atomic mass is 9.60. The molecule has 3 atom stereocenters. The Balaban J connectivity index is 1.41. The molecule has 0 aromatic carbocycles. The molecule has 27 heavy (non-hydrogen) atoms. The van der Waals surface area contributed by atoms with E-state index in [1.54, 1.807) is 0 Å². The van der Waals surface area contributed by atoms with Crippen molar-refractivity contribution in [2.24, 2.45) is 29.1 Å². The van der Waals surface area contributed by atoms with E-state index in [4.69, 9.17) is 4.74 Å². The lowest BCUT2D eigenvalue weighted by Gasteiger charge is -2.46. The summed E-state index contributed by atoms with van der Waals surface area (Å²) in [6.45, 7) is 15.7. The topological polar surface area (TPSA) is 12.5 Å². The van der Waals surface area contributed by atoms with E-state index in [9.17, 15) is 0 Å². The third-order valence-corrected chi connectivity index (χ3v) is 8.36. The Hall–Kier alpha value is -0.0800. The predicted octanol–water partition coefficient (Wildman–Crippen LogP) is 6.53. The summed E-state index contributed by atoms with van der Waals surface area (Å²) in [7, 11) is 0. The minimum atomic E-state index is 0.401. The van der Waals surface area contributed by atoms with Crippen LogP contribution in [-0.2, 0) is 4.74 Å². The second-order valence-electron chi connectivity index (χ2n) is 11.2. The van der Waals surface area contributed by atoms with E-state index in [2.05, 4.69) is 39.5 Å². The number of morpholine rings is 1. The van der Waals surface area contributed by atoms with Crippen molar-refractivity contribution in [2.45, 2.75) is 111 Å². The van der Waals surface area contributed by atoms with E-state index in [0.29, 0.717) is 17.6 Å². The molecule has 0 spiro atoms. The van der Waals surface area contributed by atoms with E-state index in [-0.39, 0.29) is 0 Å². The molecule has 3 aliphatic rings. The van der Waals surface area contributed by atoms with Crippen LogP contribution in [0, 0.1) is 29.1 Å². The van der Waals surface area contributed by atoms with Gasteiger partial charge < -0.3 is 4.74 Å². The Kier molecular flexibility index (Phi) is 7.70. The van der Waals surface area contributed by atoms with Crippen LogP contribution in [-0.4, -0.2) is 36.7 Å². The number of hydrogen-bond donors (Lipinski definition) is 0. The Morgan fingerprint density at radius 2 is 1.41 bits per heavy atom. The molecule has 3 unspecified atom stereocenters. The first-order valence-electron chi connectivity index (χ1n) is 12.2. The molecule has 0 radical (unpaired) electrons. The smallest absolute Gasteiger partial charge is 0.0678 e. The van der Waals surface area contributed by atoms with Crippen molar-refractivity contribution in [1.29, 1.82) is 0 Å². The number of nitrogens with zero attached hydrogens (tertiary/aromatic N) is 1. The maximum atomic E-state index is 5.90. The lowest BCUT2D eigenvalue weighted by molar-refractivity contribution is -0.0717. The molecule has 3 fully saturated rings. The van der Waals surface area contributed by atoms with E-state index in [1.165, 1.54) is 70.8 Å². The molecule has 1 saturated heterocycles. The highest BCUT2D eigenvalue weighted by Gasteiger charge is 2.39. The molecule has 0 aromatic rings. The largest absolute Gasteiger partial charge is 0.373 e. The molecule has 1 aliphatic heterocycles. The summed E-state index contributed by atoms with van der Waals surface area (Å²) >= 11 is 0. The summed E-state index contributed by atoms with van der Waals surface area (Å²) in [5.74, 6) is 3.79. The molecule has 2 nitrogen and oxygen atoms in total. The molecule has 2 heteroatoms. The zero-order valence-electron chi connectivity index (χ0n) is 19.0. The van der Waals surface area contributed by atoms with Crippen molar-refractivity contribution in [3.05, 3.63) is 0 Å². The van der Waals surface area contributed by atoms with Gasteiger partial charge in [-0.2, -0.15) is 0 Å². The quantitative estimate of drug-likeness (QED) is 0.521. The minimum Gasteiger partial charge on any atom is -0.373 e. The summed E-state index contributed by atoms with van der Waals surface area (Å²) in [5, 5.41) is 0. The van der Waals surface area contributed by atoms with E-state index >= 15 is 0 Å². The highest BCUT2D eigenvalue weighted by Crippen LogP contribution is 2.49. The Bertz CT molecular complexity index is 424. The van der Waals surface area contributed by atoms with Gasteiger partial charge in [0.25, 0.3) is 0 Å². The monoisotopic (exact) mass is 377 g/mol. The molecule has 0 amide bonds. The van der Waals surface area contributed by atoms with Crippen molar-refractivity contribution in [2.75, 3.05) is 19.6 Å². The number of ether oxygens (including phenoxy) is 1. The summed E-state index contributed by atoms with van der Waals surface area (Å²) < 4.78 is 5.90. The van der Waals surface area contributed by atoms with Gasteiger partial charge in [0, 0.05) is 19.6 Å². The zero-order valence-corrected chi connectivity index (χ0v) is 19.0. The predicted molar refractivity (Wildman–Crippen MR) is 116 cm³/mol. The summed E-state index contributed by atoms with van der Waals surface area (Å²) in [6.07, 6.45) is 15.7.